The molecule has 0 aliphatic carbocycles. The molecule has 0 aromatic carbocycles. The van der Waals surface area contributed by atoms with Crippen LogP contribution in [0, 0.1) is 6.92 Å². The van der Waals surface area contributed by atoms with Gasteiger partial charge in [-0.05, 0) is 45.8 Å². The highest BCUT2D eigenvalue weighted by molar-refractivity contribution is 8.17. The molecule has 1 aromatic rings. The molecule has 1 atom stereocenters. The van der Waals surface area contributed by atoms with Gasteiger partial charge in [0, 0.05) is 0 Å². The number of aryl methyl sites for hydroxylation is 2. The predicted molar refractivity (Wildman–Crippen MR) is 68.2 cm³/mol. The minimum Gasteiger partial charge on any atom is -0.102 e. The van der Waals surface area contributed by atoms with E-state index in [9.17, 15) is 0 Å². The molecule has 74 valence electrons. The van der Waals surface area contributed by atoms with Crippen LogP contribution in [0.25, 0.3) is 0 Å². The molecule has 0 nitrogen and oxygen atoms in total. The van der Waals surface area contributed by atoms with Crippen molar-refractivity contribution in [2.75, 3.05) is 0 Å². The molecule has 13 heavy (non-hydrogen) atoms. The van der Waals surface area contributed by atoms with Crippen LogP contribution in [0.15, 0.2) is 0 Å². The molecule has 0 aliphatic rings. The van der Waals surface area contributed by atoms with Crippen molar-refractivity contribution in [3.63, 3.8) is 0 Å². The van der Waals surface area contributed by atoms with Crippen molar-refractivity contribution < 1.29 is 0 Å². The van der Waals surface area contributed by atoms with Crippen LogP contribution >= 0.6 is 23.3 Å². The van der Waals surface area contributed by atoms with Gasteiger partial charge in [0.2, 0.25) is 0 Å². The third kappa shape index (κ3) is 4.60. The molecule has 1 rings (SSSR count). The van der Waals surface area contributed by atoms with Crippen molar-refractivity contribution in [2.45, 2.75) is 52.4 Å². The molecule has 0 bridgehead atoms. The summed E-state index contributed by atoms with van der Waals surface area (Å²) in [7, 11) is 4.38. The van der Waals surface area contributed by atoms with Crippen molar-refractivity contribution in [3.8, 4) is 0 Å². The van der Waals surface area contributed by atoms with Crippen LogP contribution in [-0.2, 0) is 6.42 Å². The molecule has 1 unspecified atom stereocenters. The maximum absolute atomic E-state index is 2.33. The molecular weight excluding hydrogens is 213 g/mol. The Kier molecular flexibility index (Phi) is 6.31. The Balaban J connectivity index is 2.10. The fourth-order valence-electron chi connectivity index (χ4n) is 1.43. The van der Waals surface area contributed by atoms with Crippen molar-refractivity contribution in [2.24, 2.45) is 0 Å². The Hall–Kier alpha value is 0.640. The van der Waals surface area contributed by atoms with Crippen LogP contribution in [0.1, 0.15) is 49.6 Å². The van der Waals surface area contributed by atoms with E-state index >= 15 is 0 Å². The van der Waals surface area contributed by atoms with E-state index in [1.807, 2.05) is 0 Å². The fraction of sp³-hybridized carbons (Fsp3) is 0.800. The summed E-state index contributed by atoms with van der Waals surface area (Å²) in [6.07, 6.45) is 8.49. The van der Waals surface area contributed by atoms with Crippen molar-refractivity contribution in [1.29, 1.82) is 0 Å². The Morgan fingerprint density at radius 3 is 2.54 bits per heavy atom. The second-order valence-corrected chi connectivity index (χ2v) is 9.13. The first-order valence-electron chi connectivity index (χ1n) is 5.21. The molecule has 0 saturated heterocycles. The summed E-state index contributed by atoms with van der Waals surface area (Å²) >= 11 is 0. The molecule has 0 aliphatic heterocycles. The summed E-state index contributed by atoms with van der Waals surface area (Å²) in [5.74, 6) is 0. The largest absolute Gasteiger partial charge is 0.102 e. The SMILES string of the molecule is CCCCCCCc1pp[pH]c1C. The van der Waals surface area contributed by atoms with E-state index < -0.39 is 0 Å². The van der Waals surface area contributed by atoms with E-state index in [4.69, 9.17) is 0 Å². The maximum Gasteiger partial charge on any atom is -0.00883 e. The summed E-state index contributed by atoms with van der Waals surface area (Å²) in [5.41, 5.74) is 0. The highest BCUT2D eigenvalue weighted by Crippen LogP contribution is 2.41. The predicted octanol–water partition coefficient (Wildman–Crippen LogP) is 5.70. The zero-order chi connectivity index (χ0) is 9.52. The van der Waals surface area contributed by atoms with Gasteiger partial charge in [-0.15, -0.1) is 7.87 Å². The Morgan fingerprint density at radius 2 is 1.92 bits per heavy atom. The second-order valence-electron chi connectivity index (χ2n) is 3.55. The van der Waals surface area contributed by atoms with Gasteiger partial charge in [-0.1, -0.05) is 32.6 Å². The Labute approximate surface area is 86.6 Å². The summed E-state index contributed by atoms with van der Waals surface area (Å²) < 4.78 is 0. The molecule has 0 radical (unpaired) electrons. The van der Waals surface area contributed by atoms with Gasteiger partial charge >= 0.3 is 0 Å². The normalized spacial score (nSPS) is 12.5. The third-order valence-corrected chi connectivity index (χ3v) is 8.32. The molecule has 1 aromatic heterocycles. The maximum atomic E-state index is 2.33. The first-order chi connectivity index (χ1) is 6.34. The van der Waals surface area contributed by atoms with Gasteiger partial charge in [-0.2, -0.15) is 0 Å². The molecule has 0 spiro atoms. The summed E-state index contributed by atoms with van der Waals surface area (Å²) in [5, 5.41) is 3.47. The van der Waals surface area contributed by atoms with Crippen LogP contribution in [0.4, 0.5) is 0 Å². The number of rotatable bonds is 6. The van der Waals surface area contributed by atoms with Crippen LogP contribution in [-0.4, -0.2) is 0 Å². The molecule has 3 heteroatoms. The van der Waals surface area contributed by atoms with E-state index in [2.05, 4.69) is 13.8 Å². The van der Waals surface area contributed by atoms with Gasteiger partial charge in [0.05, 0.1) is 0 Å². The Bertz CT molecular complexity index is 230. The zero-order valence-corrected chi connectivity index (χ0v) is 11.4. The van der Waals surface area contributed by atoms with Gasteiger partial charge in [0.1, 0.15) is 0 Å². The lowest BCUT2D eigenvalue weighted by Crippen LogP contribution is -1.83. The number of hydrogen-bond donors (Lipinski definition) is 0. The van der Waals surface area contributed by atoms with Gasteiger partial charge in [0.15, 0.2) is 0 Å². The van der Waals surface area contributed by atoms with E-state index in [1.54, 1.807) is 26.0 Å². The summed E-state index contributed by atoms with van der Waals surface area (Å²) in [6.45, 7) is 4.61. The molecule has 0 fully saturated rings. The molecule has 1 heterocycles. The lowest BCUT2D eigenvalue weighted by molar-refractivity contribution is 0.634. The minimum atomic E-state index is 1.11. The van der Waals surface area contributed by atoms with Crippen LogP contribution in [0.2, 0.25) is 0 Å². The second kappa shape index (κ2) is 7.00. The zero-order valence-electron chi connectivity index (χ0n) is 8.64. The van der Waals surface area contributed by atoms with Crippen LogP contribution < -0.4 is 0 Å². The highest BCUT2D eigenvalue weighted by atomic mass is 32.1. The molecular formula is C10H19P3. The highest BCUT2D eigenvalue weighted by Gasteiger charge is 1.98. The van der Waals surface area contributed by atoms with Gasteiger partial charge in [0.25, 0.3) is 0 Å². The van der Waals surface area contributed by atoms with Gasteiger partial charge in [-0.3, -0.25) is 0 Å². The number of hydrogen-bond acceptors (Lipinski definition) is 0. The molecule has 0 saturated carbocycles. The average molecular weight is 232 g/mol. The standard InChI is InChI=1S/C10H19P3/c1-3-4-5-6-7-8-10-9(2)11-13-12-10/h11H,3-8H2,1-2H3. The molecule has 0 amide bonds. The van der Waals surface area contributed by atoms with Crippen LogP contribution in [0.3, 0.4) is 0 Å². The third-order valence-electron chi connectivity index (χ3n) is 2.34. The van der Waals surface area contributed by atoms with Crippen molar-refractivity contribution in [3.05, 3.63) is 10.6 Å². The monoisotopic (exact) mass is 232 g/mol. The first kappa shape index (κ1) is 11.7. The van der Waals surface area contributed by atoms with E-state index in [-0.39, 0.29) is 0 Å². The van der Waals surface area contributed by atoms with Gasteiger partial charge in [-0.25, -0.2) is 0 Å². The summed E-state index contributed by atoms with van der Waals surface area (Å²) in [6, 6.07) is 0. The first-order valence-corrected chi connectivity index (χ1v) is 9.54. The average Bonchev–Trinajstić information content (AvgIpc) is 2.52. The lowest BCUT2D eigenvalue weighted by atomic mass is 10.1. The fourth-order valence-corrected chi connectivity index (χ4v) is 8.30. The minimum absolute atomic E-state index is 1.11. The smallest absolute Gasteiger partial charge is 0.00883 e. The summed E-state index contributed by atoms with van der Waals surface area (Å²) in [4.78, 5) is 0. The van der Waals surface area contributed by atoms with Crippen molar-refractivity contribution in [1.82, 2.24) is 0 Å². The van der Waals surface area contributed by atoms with Gasteiger partial charge < -0.3 is 0 Å². The van der Waals surface area contributed by atoms with Crippen molar-refractivity contribution >= 4 is 23.3 Å². The molecule has 0 N–H and O–H groups in total. The Morgan fingerprint density at radius 1 is 1.15 bits per heavy atom. The van der Waals surface area contributed by atoms with Crippen LogP contribution in [0.5, 0.6) is 0 Å². The van der Waals surface area contributed by atoms with E-state index in [1.165, 1.54) is 38.5 Å². The van der Waals surface area contributed by atoms with E-state index in [0.717, 1.165) is 7.87 Å². The number of unbranched alkanes of at least 4 members (excludes halogenated alkanes) is 4. The lowest BCUT2D eigenvalue weighted by Gasteiger charge is -1.99. The van der Waals surface area contributed by atoms with E-state index in [0.29, 0.717) is 0 Å². The quantitative estimate of drug-likeness (QED) is 0.552. The topological polar surface area (TPSA) is 0 Å².